The standard InChI is InChI=1S/C24H30N2O5/c1-4-17(2)21(23(28)30-3)26-22(27)20(15-18-11-7-5-8-12-18)25-24(29)31-16-19-13-9-6-10-14-19/h5-14,17,20-21H,4,15-16H2,1-3H3,(H,25,29)(H,26,27)/t17-,20-,21-/m1/s1. The van der Waals surface area contributed by atoms with Gasteiger partial charge in [0.1, 0.15) is 18.7 Å². The highest BCUT2D eigenvalue weighted by molar-refractivity contribution is 5.90. The molecular weight excluding hydrogens is 396 g/mol. The quantitative estimate of drug-likeness (QED) is 0.569. The number of esters is 1. The molecule has 2 N–H and O–H groups in total. The Kier molecular flexibility index (Phi) is 9.55. The third-order valence-electron chi connectivity index (χ3n) is 5.07. The van der Waals surface area contributed by atoms with E-state index in [0.29, 0.717) is 6.42 Å². The molecule has 0 aliphatic carbocycles. The van der Waals surface area contributed by atoms with Crippen LogP contribution in [-0.2, 0) is 32.1 Å². The number of methoxy groups -OCH3 is 1. The summed E-state index contributed by atoms with van der Waals surface area (Å²) >= 11 is 0. The molecule has 0 radical (unpaired) electrons. The van der Waals surface area contributed by atoms with E-state index in [1.807, 2.05) is 74.5 Å². The van der Waals surface area contributed by atoms with E-state index in [1.165, 1.54) is 7.11 Å². The first-order valence-electron chi connectivity index (χ1n) is 10.3. The lowest BCUT2D eigenvalue weighted by atomic mass is 9.98. The lowest BCUT2D eigenvalue weighted by Gasteiger charge is -2.25. The fourth-order valence-corrected chi connectivity index (χ4v) is 3.02. The Bertz CT molecular complexity index is 842. The Labute approximate surface area is 183 Å². The van der Waals surface area contributed by atoms with Crippen molar-refractivity contribution in [1.82, 2.24) is 10.6 Å². The highest BCUT2D eigenvalue weighted by Gasteiger charge is 2.30. The predicted molar refractivity (Wildman–Crippen MR) is 117 cm³/mol. The molecule has 0 heterocycles. The monoisotopic (exact) mass is 426 g/mol. The van der Waals surface area contributed by atoms with E-state index in [-0.39, 0.29) is 18.9 Å². The van der Waals surface area contributed by atoms with Crippen LogP contribution in [0.15, 0.2) is 60.7 Å². The van der Waals surface area contributed by atoms with Gasteiger partial charge < -0.3 is 20.1 Å². The average molecular weight is 427 g/mol. The first kappa shape index (κ1) is 23.9. The topological polar surface area (TPSA) is 93.7 Å². The fraction of sp³-hybridized carbons (Fsp3) is 0.375. The molecular formula is C24H30N2O5. The van der Waals surface area contributed by atoms with Crippen LogP contribution >= 0.6 is 0 Å². The van der Waals surface area contributed by atoms with Gasteiger partial charge in [0.15, 0.2) is 0 Å². The van der Waals surface area contributed by atoms with Crippen LogP contribution in [0.25, 0.3) is 0 Å². The second-order valence-electron chi connectivity index (χ2n) is 7.34. The summed E-state index contributed by atoms with van der Waals surface area (Å²) in [6, 6.07) is 16.9. The number of nitrogens with one attached hydrogen (secondary N) is 2. The molecule has 0 bridgehead atoms. The van der Waals surface area contributed by atoms with E-state index in [4.69, 9.17) is 9.47 Å². The summed E-state index contributed by atoms with van der Waals surface area (Å²) in [4.78, 5) is 37.6. The lowest BCUT2D eigenvalue weighted by Crippen LogP contribution is -2.54. The highest BCUT2D eigenvalue weighted by Crippen LogP contribution is 2.11. The number of hydrogen-bond acceptors (Lipinski definition) is 5. The van der Waals surface area contributed by atoms with Gasteiger partial charge in [0.25, 0.3) is 0 Å². The van der Waals surface area contributed by atoms with E-state index < -0.39 is 30.1 Å². The number of rotatable bonds is 10. The SMILES string of the molecule is CC[C@@H](C)[C@@H](NC(=O)[C@@H](Cc1ccccc1)NC(=O)OCc1ccccc1)C(=O)OC. The minimum Gasteiger partial charge on any atom is -0.467 e. The van der Waals surface area contributed by atoms with Crippen molar-refractivity contribution in [3.05, 3.63) is 71.8 Å². The fourth-order valence-electron chi connectivity index (χ4n) is 3.02. The maximum absolute atomic E-state index is 13.0. The van der Waals surface area contributed by atoms with Crippen molar-refractivity contribution >= 4 is 18.0 Å². The highest BCUT2D eigenvalue weighted by atomic mass is 16.5. The zero-order chi connectivity index (χ0) is 22.6. The van der Waals surface area contributed by atoms with Gasteiger partial charge in [0, 0.05) is 6.42 Å². The zero-order valence-electron chi connectivity index (χ0n) is 18.2. The van der Waals surface area contributed by atoms with Crippen LogP contribution < -0.4 is 10.6 Å². The maximum atomic E-state index is 13.0. The normalized spacial score (nSPS) is 13.4. The van der Waals surface area contributed by atoms with Crippen molar-refractivity contribution < 1.29 is 23.9 Å². The molecule has 0 aliphatic heterocycles. The molecule has 2 aromatic carbocycles. The second-order valence-corrected chi connectivity index (χ2v) is 7.34. The molecule has 2 rings (SSSR count). The number of carbonyl (C=O) groups is 3. The minimum atomic E-state index is -0.915. The van der Waals surface area contributed by atoms with Crippen LogP contribution in [0.1, 0.15) is 31.4 Å². The number of alkyl carbamates (subject to hydrolysis) is 1. The van der Waals surface area contributed by atoms with Gasteiger partial charge in [0.2, 0.25) is 5.91 Å². The first-order valence-corrected chi connectivity index (χ1v) is 10.3. The molecule has 7 heteroatoms. The molecule has 0 saturated carbocycles. The summed E-state index contributed by atoms with van der Waals surface area (Å²) in [6.07, 6.45) is 0.218. The van der Waals surface area contributed by atoms with Crippen LogP contribution in [-0.4, -0.2) is 37.2 Å². The Hall–Kier alpha value is -3.35. The summed E-state index contributed by atoms with van der Waals surface area (Å²) in [5, 5.41) is 5.36. The Balaban J connectivity index is 2.10. The van der Waals surface area contributed by atoms with E-state index in [1.54, 1.807) is 0 Å². The van der Waals surface area contributed by atoms with Gasteiger partial charge in [-0.05, 0) is 17.0 Å². The van der Waals surface area contributed by atoms with Crippen molar-refractivity contribution in [2.24, 2.45) is 5.92 Å². The minimum absolute atomic E-state index is 0.0873. The third kappa shape index (κ3) is 7.77. The largest absolute Gasteiger partial charge is 0.467 e. The van der Waals surface area contributed by atoms with Crippen molar-refractivity contribution in [1.29, 1.82) is 0 Å². The predicted octanol–water partition coefficient (Wildman–Crippen LogP) is 3.23. The molecule has 0 aromatic heterocycles. The Morgan fingerprint density at radius 1 is 0.903 bits per heavy atom. The van der Waals surface area contributed by atoms with Crippen LogP contribution in [0, 0.1) is 5.92 Å². The number of carbonyl (C=O) groups excluding carboxylic acids is 3. The zero-order valence-corrected chi connectivity index (χ0v) is 18.2. The van der Waals surface area contributed by atoms with Crippen molar-refractivity contribution in [2.45, 2.75) is 45.4 Å². The number of amides is 2. The number of hydrogen-bond donors (Lipinski definition) is 2. The van der Waals surface area contributed by atoms with Gasteiger partial charge in [-0.15, -0.1) is 0 Å². The van der Waals surface area contributed by atoms with E-state index >= 15 is 0 Å². The van der Waals surface area contributed by atoms with Crippen molar-refractivity contribution in [3.63, 3.8) is 0 Å². The first-order chi connectivity index (χ1) is 14.9. The van der Waals surface area contributed by atoms with Crippen LogP contribution in [0.4, 0.5) is 4.79 Å². The maximum Gasteiger partial charge on any atom is 0.408 e. The molecule has 2 amide bonds. The molecule has 0 saturated heterocycles. The summed E-state index contributed by atoms with van der Waals surface area (Å²) in [5.74, 6) is -1.12. The Morgan fingerprint density at radius 2 is 1.48 bits per heavy atom. The van der Waals surface area contributed by atoms with Crippen LogP contribution in [0.3, 0.4) is 0 Å². The number of ether oxygens (including phenoxy) is 2. The average Bonchev–Trinajstić information content (AvgIpc) is 2.81. The van der Waals surface area contributed by atoms with E-state index in [9.17, 15) is 14.4 Å². The molecule has 3 atom stereocenters. The molecule has 31 heavy (non-hydrogen) atoms. The van der Waals surface area contributed by atoms with Crippen LogP contribution in [0.2, 0.25) is 0 Å². The molecule has 0 unspecified atom stereocenters. The Morgan fingerprint density at radius 3 is 2.03 bits per heavy atom. The van der Waals surface area contributed by atoms with Crippen molar-refractivity contribution in [3.8, 4) is 0 Å². The smallest absolute Gasteiger partial charge is 0.408 e. The van der Waals surface area contributed by atoms with E-state index in [2.05, 4.69) is 10.6 Å². The van der Waals surface area contributed by atoms with Crippen molar-refractivity contribution in [2.75, 3.05) is 7.11 Å². The van der Waals surface area contributed by atoms with E-state index in [0.717, 1.165) is 11.1 Å². The number of benzene rings is 2. The van der Waals surface area contributed by atoms with Gasteiger partial charge in [-0.1, -0.05) is 80.9 Å². The molecule has 166 valence electrons. The van der Waals surface area contributed by atoms with Crippen LogP contribution in [0.5, 0.6) is 0 Å². The van der Waals surface area contributed by atoms with Gasteiger partial charge in [-0.3, -0.25) is 4.79 Å². The molecule has 0 aliphatic rings. The summed E-state index contributed by atoms with van der Waals surface area (Å²) in [5.41, 5.74) is 1.70. The molecule has 2 aromatic rings. The molecule has 0 spiro atoms. The van der Waals surface area contributed by atoms with Gasteiger partial charge >= 0.3 is 12.1 Å². The summed E-state index contributed by atoms with van der Waals surface area (Å²) in [7, 11) is 1.28. The second kappa shape index (κ2) is 12.4. The lowest BCUT2D eigenvalue weighted by molar-refractivity contribution is -0.146. The van der Waals surface area contributed by atoms with Gasteiger partial charge in [0.05, 0.1) is 7.11 Å². The summed E-state index contributed by atoms with van der Waals surface area (Å²) < 4.78 is 10.1. The molecule has 7 nitrogen and oxygen atoms in total. The molecule has 0 fully saturated rings. The third-order valence-corrected chi connectivity index (χ3v) is 5.07. The van der Waals surface area contributed by atoms with Gasteiger partial charge in [-0.25, -0.2) is 9.59 Å². The summed E-state index contributed by atoms with van der Waals surface area (Å²) in [6.45, 7) is 3.87. The van der Waals surface area contributed by atoms with Gasteiger partial charge in [-0.2, -0.15) is 0 Å².